The van der Waals surface area contributed by atoms with Crippen LogP contribution in [0.3, 0.4) is 0 Å². The zero-order chi connectivity index (χ0) is 33.6. The molecule has 0 atom stereocenters. The highest BCUT2D eigenvalue weighted by Gasteiger charge is 2.23. The van der Waals surface area contributed by atoms with Crippen LogP contribution in [-0.2, 0) is 0 Å². The molecule has 0 spiro atoms. The van der Waals surface area contributed by atoms with E-state index >= 15 is 0 Å². The molecule has 4 heteroatoms. The van der Waals surface area contributed by atoms with Crippen LogP contribution < -0.4 is 0 Å². The van der Waals surface area contributed by atoms with Crippen molar-refractivity contribution in [3.63, 3.8) is 0 Å². The summed E-state index contributed by atoms with van der Waals surface area (Å²) >= 11 is 0. The molecule has 0 aromatic rings. The summed E-state index contributed by atoms with van der Waals surface area (Å²) < 4.78 is 0. The van der Waals surface area contributed by atoms with Crippen molar-refractivity contribution in [2.75, 3.05) is 79.0 Å². The zero-order valence-corrected chi connectivity index (χ0v) is 33.1. The molecule has 0 saturated carbocycles. The van der Waals surface area contributed by atoms with Gasteiger partial charge in [0.05, 0.1) is 0 Å². The molecule has 4 aliphatic heterocycles. The Morgan fingerprint density at radius 1 is 0.432 bits per heavy atom. The molecule has 4 aliphatic rings. The fourth-order valence-corrected chi connectivity index (χ4v) is 5.95. The Kier molecular flexibility index (Phi) is 34.2. The third-order valence-electron chi connectivity index (χ3n) is 9.78. The Bertz CT molecular complexity index is 495. The third-order valence-corrected chi connectivity index (χ3v) is 9.78. The highest BCUT2D eigenvalue weighted by molar-refractivity contribution is 4.78. The van der Waals surface area contributed by atoms with Crippen molar-refractivity contribution in [2.24, 2.45) is 23.7 Å². The van der Waals surface area contributed by atoms with Crippen LogP contribution in [0.15, 0.2) is 0 Å². The van der Waals surface area contributed by atoms with Gasteiger partial charge in [-0.3, -0.25) is 0 Å². The fourth-order valence-electron chi connectivity index (χ4n) is 5.95. The lowest BCUT2D eigenvalue weighted by Gasteiger charge is -2.36. The first kappa shape index (κ1) is 46.0. The van der Waals surface area contributed by atoms with E-state index in [2.05, 4.69) is 89.0 Å². The summed E-state index contributed by atoms with van der Waals surface area (Å²) in [5, 5.41) is 0. The fraction of sp³-hybridized carbons (Fsp3) is 1.00. The van der Waals surface area contributed by atoms with Gasteiger partial charge in [-0.05, 0) is 141 Å². The SMILES string of the molecule is CC.CC1CCN(CC2CCN(C)CC2)CC1.CCC.CCCC.CCCC.CCN1CCC(CN2CCC(C)CC2)CC1. The normalized spacial score (nSPS) is 21.5. The van der Waals surface area contributed by atoms with E-state index in [0.717, 1.165) is 23.7 Å². The van der Waals surface area contributed by atoms with E-state index in [1.165, 1.54) is 155 Å². The van der Waals surface area contributed by atoms with Gasteiger partial charge in [0.25, 0.3) is 0 Å². The molecule has 0 unspecified atom stereocenters. The smallest absolute Gasteiger partial charge is 0.00106 e. The lowest BCUT2D eigenvalue weighted by molar-refractivity contribution is 0.123. The van der Waals surface area contributed by atoms with Gasteiger partial charge in [-0.2, -0.15) is 0 Å². The van der Waals surface area contributed by atoms with E-state index in [-0.39, 0.29) is 0 Å². The number of likely N-dealkylation sites (tertiary alicyclic amines) is 4. The molecular formula is C40H88N4. The van der Waals surface area contributed by atoms with Crippen LogP contribution >= 0.6 is 0 Å². The summed E-state index contributed by atoms with van der Waals surface area (Å²) in [5.74, 6) is 3.91. The second-order valence-corrected chi connectivity index (χ2v) is 14.3. The number of hydrogen-bond acceptors (Lipinski definition) is 4. The topological polar surface area (TPSA) is 13.0 Å². The van der Waals surface area contributed by atoms with Gasteiger partial charge in [0.1, 0.15) is 0 Å². The van der Waals surface area contributed by atoms with Crippen LogP contribution in [0.2, 0.25) is 0 Å². The number of piperidine rings is 4. The number of nitrogens with zero attached hydrogens (tertiary/aromatic N) is 4. The van der Waals surface area contributed by atoms with E-state index in [1.54, 1.807) is 0 Å². The molecule has 0 radical (unpaired) electrons. The molecule has 4 nitrogen and oxygen atoms in total. The van der Waals surface area contributed by atoms with Crippen molar-refractivity contribution >= 4 is 0 Å². The minimum absolute atomic E-state index is 0.971. The summed E-state index contributed by atoms with van der Waals surface area (Å²) in [4.78, 5) is 10.5. The molecule has 44 heavy (non-hydrogen) atoms. The molecule has 0 aliphatic carbocycles. The Labute approximate surface area is 281 Å². The van der Waals surface area contributed by atoms with Crippen LogP contribution in [0.1, 0.15) is 160 Å². The quantitative estimate of drug-likeness (QED) is 0.279. The summed E-state index contributed by atoms with van der Waals surface area (Å²) in [6.07, 6.45) is 17.9. The second kappa shape index (κ2) is 32.8. The van der Waals surface area contributed by atoms with Gasteiger partial charge in [0.2, 0.25) is 0 Å². The molecule has 4 saturated heterocycles. The molecule has 268 valence electrons. The van der Waals surface area contributed by atoms with E-state index in [0.29, 0.717) is 0 Å². The van der Waals surface area contributed by atoms with Crippen LogP contribution in [0.5, 0.6) is 0 Å². The first-order valence-electron chi connectivity index (χ1n) is 20.1. The maximum atomic E-state index is 2.71. The zero-order valence-electron chi connectivity index (χ0n) is 33.1. The van der Waals surface area contributed by atoms with Crippen molar-refractivity contribution in [3.8, 4) is 0 Å². The minimum Gasteiger partial charge on any atom is -0.306 e. The molecule has 0 aromatic carbocycles. The molecule has 0 amide bonds. The van der Waals surface area contributed by atoms with Crippen molar-refractivity contribution < 1.29 is 0 Å². The maximum Gasteiger partial charge on any atom is 0.00106 e. The van der Waals surface area contributed by atoms with Gasteiger partial charge in [0, 0.05) is 13.1 Å². The largest absolute Gasteiger partial charge is 0.306 e. The molecule has 4 fully saturated rings. The first-order valence-corrected chi connectivity index (χ1v) is 20.1. The van der Waals surface area contributed by atoms with Crippen molar-refractivity contribution in [1.29, 1.82) is 0 Å². The molecule has 0 aromatic heterocycles. The van der Waals surface area contributed by atoms with Gasteiger partial charge < -0.3 is 19.6 Å². The predicted molar refractivity (Wildman–Crippen MR) is 203 cm³/mol. The average molecular weight is 625 g/mol. The van der Waals surface area contributed by atoms with Gasteiger partial charge in [-0.15, -0.1) is 0 Å². The monoisotopic (exact) mass is 625 g/mol. The predicted octanol–water partition coefficient (Wildman–Crippen LogP) is 10.6. The van der Waals surface area contributed by atoms with E-state index < -0.39 is 0 Å². The highest BCUT2D eigenvalue weighted by atomic mass is 15.2. The maximum absolute atomic E-state index is 2.71. The summed E-state index contributed by atoms with van der Waals surface area (Å²) in [6, 6.07) is 0. The first-order chi connectivity index (χ1) is 21.3. The van der Waals surface area contributed by atoms with Gasteiger partial charge in [-0.1, -0.05) is 108 Å². The van der Waals surface area contributed by atoms with Gasteiger partial charge in [0.15, 0.2) is 0 Å². The molecule has 0 bridgehead atoms. The molecule has 4 rings (SSSR count). The molecule has 0 N–H and O–H groups in total. The number of rotatable bonds is 7. The summed E-state index contributed by atoms with van der Waals surface area (Å²) in [7, 11) is 2.25. The van der Waals surface area contributed by atoms with Crippen LogP contribution in [0.25, 0.3) is 0 Å². The van der Waals surface area contributed by atoms with E-state index in [4.69, 9.17) is 0 Å². The minimum atomic E-state index is 0.971. The van der Waals surface area contributed by atoms with Crippen LogP contribution in [0.4, 0.5) is 0 Å². The highest BCUT2D eigenvalue weighted by Crippen LogP contribution is 2.23. The lowest BCUT2D eigenvalue weighted by Crippen LogP contribution is -2.41. The lowest BCUT2D eigenvalue weighted by atomic mass is 9.93. The van der Waals surface area contributed by atoms with Crippen molar-refractivity contribution in [1.82, 2.24) is 19.6 Å². The third kappa shape index (κ3) is 26.0. The van der Waals surface area contributed by atoms with Crippen LogP contribution in [-0.4, -0.2) is 98.6 Å². The summed E-state index contributed by atoms with van der Waals surface area (Å²) in [6.45, 7) is 38.8. The average Bonchev–Trinajstić information content (AvgIpc) is 3.06. The Morgan fingerprint density at radius 3 is 0.977 bits per heavy atom. The van der Waals surface area contributed by atoms with Crippen molar-refractivity contribution in [2.45, 2.75) is 160 Å². The standard InChI is InChI=1S/C14H28N2.C13H26N2.2C4H10.C3H8.C2H6/c1-3-15-10-6-14(7-11-15)12-16-8-4-13(2)5-9-16;1-12-3-9-15(10-4-12)11-13-5-7-14(2)8-6-13;2*1-3-4-2;1-3-2;1-2/h13-14H,3-12H2,1-2H3;12-13H,3-11H2,1-2H3;2*3-4H2,1-2H3;3H2,1-2H3;1-2H3. The van der Waals surface area contributed by atoms with Crippen molar-refractivity contribution in [3.05, 3.63) is 0 Å². The Balaban J connectivity index is 0. The van der Waals surface area contributed by atoms with Crippen LogP contribution in [0, 0.1) is 23.7 Å². The Morgan fingerprint density at radius 2 is 0.705 bits per heavy atom. The van der Waals surface area contributed by atoms with Gasteiger partial charge >= 0.3 is 0 Å². The van der Waals surface area contributed by atoms with E-state index in [1.807, 2.05) is 13.8 Å². The molecular weight excluding hydrogens is 536 g/mol. The molecule has 4 heterocycles. The van der Waals surface area contributed by atoms with Gasteiger partial charge in [-0.25, -0.2) is 0 Å². The number of unbranched alkanes of at least 4 members (excludes halogenated alkanes) is 2. The Hall–Kier alpha value is -0.160. The number of hydrogen-bond donors (Lipinski definition) is 0. The second-order valence-electron chi connectivity index (χ2n) is 14.3. The summed E-state index contributed by atoms with van der Waals surface area (Å²) in [5.41, 5.74) is 0. The van der Waals surface area contributed by atoms with E-state index in [9.17, 15) is 0 Å².